The Morgan fingerprint density at radius 3 is 2.90 bits per heavy atom. The van der Waals surface area contributed by atoms with Crippen LogP contribution in [-0.4, -0.2) is 58.9 Å². The zero-order chi connectivity index (χ0) is 22.0. The average Bonchev–Trinajstić information content (AvgIpc) is 3.14. The minimum Gasteiger partial charge on any atom is -0.508 e. The van der Waals surface area contributed by atoms with E-state index in [4.69, 9.17) is 4.74 Å². The predicted molar refractivity (Wildman–Crippen MR) is 116 cm³/mol. The highest BCUT2D eigenvalue weighted by Crippen LogP contribution is 2.36. The molecule has 1 aromatic heterocycles. The number of nitrogens with one attached hydrogen (secondary N) is 2. The Morgan fingerprint density at radius 1 is 1.35 bits per heavy atom. The molecule has 1 amide bonds. The molecule has 0 saturated heterocycles. The van der Waals surface area contributed by atoms with Crippen molar-refractivity contribution in [1.82, 2.24) is 20.4 Å². The summed E-state index contributed by atoms with van der Waals surface area (Å²) in [6, 6.07) is 7.71. The van der Waals surface area contributed by atoms with Gasteiger partial charge in [0.2, 0.25) is 5.91 Å². The summed E-state index contributed by atoms with van der Waals surface area (Å²) in [6.45, 7) is 0.711. The second kappa shape index (κ2) is 8.77. The minimum absolute atomic E-state index is 0.0472. The molecule has 1 fully saturated rings. The Kier molecular flexibility index (Phi) is 5.90. The number of halogens is 1. The number of carbonyl (C=O) groups is 1. The van der Waals surface area contributed by atoms with E-state index in [1.54, 1.807) is 24.4 Å². The van der Waals surface area contributed by atoms with Crippen LogP contribution in [0, 0.1) is 5.82 Å². The monoisotopic (exact) mass is 424 g/mol. The van der Waals surface area contributed by atoms with Gasteiger partial charge in [-0.15, -0.1) is 0 Å². The minimum atomic E-state index is -0.515. The van der Waals surface area contributed by atoms with E-state index in [0.717, 1.165) is 17.0 Å². The fraction of sp³-hybridized carbons (Fsp3) is 0.304. The fourth-order valence-electron chi connectivity index (χ4n) is 3.59. The second-order valence-corrected chi connectivity index (χ2v) is 8.05. The number of fused-ring (bicyclic) bond motifs is 1. The molecule has 7 nitrogen and oxygen atoms in total. The first kappa shape index (κ1) is 20.9. The maximum atomic E-state index is 14.4. The van der Waals surface area contributed by atoms with Crippen molar-refractivity contribution < 1.29 is 19.0 Å². The summed E-state index contributed by atoms with van der Waals surface area (Å²) >= 11 is 0. The van der Waals surface area contributed by atoms with E-state index in [0.29, 0.717) is 36.3 Å². The van der Waals surface area contributed by atoms with Crippen molar-refractivity contribution in [3.63, 3.8) is 0 Å². The quantitative estimate of drug-likeness (QED) is 0.507. The molecule has 0 spiro atoms. The Balaban J connectivity index is 1.43. The molecule has 4 rings (SSSR count). The van der Waals surface area contributed by atoms with Crippen molar-refractivity contribution in [3.05, 3.63) is 54.5 Å². The number of rotatable bonds is 7. The summed E-state index contributed by atoms with van der Waals surface area (Å²) in [7, 11) is 3.89. The van der Waals surface area contributed by atoms with Gasteiger partial charge in [-0.05, 0) is 43.9 Å². The number of hydrogen-bond donors (Lipinski definition) is 3. The van der Waals surface area contributed by atoms with Crippen molar-refractivity contribution in [2.75, 3.05) is 20.6 Å². The number of ether oxygens (including phenoxy) is 1. The third kappa shape index (κ3) is 4.86. The normalized spacial score (nSPS) is 18.5. The van der Waals surface area contributed by atoms with E-state index in [1.165, 1.54) is 12.1 Å². The van der Waals surface area contributed by atoms with Crippen LogP contribution in [0.15, 0.2) is 48.7 Å². The van der Waals surface area contributed by atoms with Crippen molar-refractivity contribution in [3.8, 4) is 22.6 Å². The Hall–Kier alpha value is -3.39. The van der Waals surface area contributed by atoms with Crippen molar-refractivity contribution in [2.24, 2.45) is 0 Å². The Labute approximate surface area is 179 Å². The molecule has 2 aromatic carbocycles. The van der Waals surface area contributed by atoms with Crippen LogP contribution in [0.2, 0.25) is 0 Å². The summed E-state index contributed by atoms with van der Waals surface area (Å²) in [5, 5.41) is 20.2. The van der Waals surface area contributed by atoms with Gasteiger partial charge in [-0.3, -0.25) is 9.89 Å². The second-order valence-electron chi connectivity index (χ2n) is 8.05. The third-order valence-electron chi connectivity index (χ3n) is 5.26. The molecular weight excluding hydrogens is 399 g/mol. The predicted octanol–water partition coefficient (Wildman–Crippen LogP) is 3.22. The Bertz CT molecular complexity index is 1120. The SMILES string of the molecule is CN(C)C/C=C/C(=O)NC1CC(Oc2cc(-c3ccc(O)cc3F)cc3[nH]ncc23)C1. The molecule has 0 unspecified atom stereocenters. The van der Waals surface area contributed by atoms with Gasteiger partial charge in [0.15, 0.2) is 0 Å². The molecule has 1 aliphatic rings. The number of aromatic hydroxyl groups is 1. The number of amides is 1. The van der Waals surface area contributed by atoms with Crippen LogP contribution in [0.1, 0.15) is 12.8 Å². The number of carbonyl (C=O) groups excluding carboxylic acids is 1. The van der Waals surface area contributed by atoms with Crippen LogP contribution in [-0.2, 0) is 4.79 Å². The summed E-state index contributed by atoms with van der Waals surface area (Å²) in [5.74, 6) is -0.139. The standard InChI is InChI=1S/C23H25FN4O3/c1-28(2)7-3-4-23(30)26-15-10-17(11-15)31-22-9-14(8-21-19(22)13-25-27-21)18-6-5-16(29)12-20(18)24/h3-6,8-9,12-13,15,17,29H,7,10-11H2,1-2H3,(H,25,27)(H,26,30)/b4-3+. The summed E-state index contributed by atoms with van der Waals surface area (Å²) < 4.78 is 20.5. The number of phenolic OH excluding ortho intramolecular Hbond substituents is 1. The number of aromatic nitrogens is 2. The van der Waals surface area contributed by atoms with E-state index < -0.39 is 5.82 Å². The molecule has 3 aromatic rings. The molecule has 162 valence electrons. The number of hydrogen-bond acceptors (Lipinski definition) is 5. The summed E-state index contributed by atoms with van der Waals surface area (Å²) in [5.41, 5.74) is 1.72. The van der Waals surface area contributed by atoms with E-state index >= 15 is 0 Å². The lowest BCUT2D eigenvalue weighted by atomic mass is 9.89. The summed E-state index contributed by atoms with van der Waals surface area (Å²) in [6.07, 6.45) is 6.41. The van der Waals surface area contributed by atoms with Gasteiger partial charge in [-0.25, -0.2) is 4.39 Å². The average molecular weight is 424 g/mol. The van der Waals surface area contributed by atoms with Crippen molar-refractivity contribution >= 4 is 16.8 Å². The lowest BCUT2D eigenvalue weighted by Gasteiger charge is -2.35. The molecule has 0 radical (unpaired) electrons. The van der Waals surface area contributed by atoms with Crippen molar-refractivity contribution in [2.45, 2.75) is 25.0 Å². The molecule has 1 heterocycles. The van der Waals surface area contributed by atoms with E-state index in [9.17, 15) is 14.3 Å². The van der Waals surface area contributed by atoms with Gasteiger partial charge in [0.25, 0.3) is 0 Å². The third-order valence-corrected chi connectivity index (χ3v) is 5.26. The van der Waals surface area contributed by atoms with Gasteiger partial charge in [0, 0.05) is 43.1 Å². The van der Waals surface area contributed by atoms with Crippen LogP contribution in [0.4, 0.5) is 4.39 Å². The Morgan fingerprint density at radius 2 is 2.16 bits per heavy atom. The first-order chi connectivity index (χ1) is 14.9. The van der Waals surface area contributed by atoms with Gasteiger partial charge in [-0.1, -0.05) is 6.08 Å². The maximum absolute atomic E-state index is 14.4. The number of H-pyrrole nitrogens is 1. The van der Waals surface area contributed by atoms with Gasteiger partial charge < -0.3 is 20.1 Å². The first-order valence-electron chi connectivity index (χ1n) is 10.1. The molecule has 1 aliphatic carbocycles. The molecule has 0 aliphatic heterocycles. The number of likely N-dealkylation sites (N-methyl/N-ethyl adjacent to an activating group) is 1. The molecule has 3 N–H and O–H groups in total. The van der Waals surface area contributed by atoms with Crippen LogP contribution >= 0.6 is 0 Å². The number of aromatic amines is 1. The van der Waals surface area contributed by atoms with Gasteiger partial charge in [-0.2, -0.15) is 5.10 Å². The van der Waals surface area contributed by atoms with Gasteiger partial charge in [0.05, 0.1) is 17.1 Å². The lowest BCUT2D eigenvalue weighted by Crippen LogP contribution is -2.48. The van der Waals surface area contributed by atoms with Crippen LogP contribution in [0.3, 0.4) is 0 Å². The first-order valence-corrected chi connectivity index (χ1v) is 10.1. The van der Waals surface area contributed by atoms with Crippen LogP contribution in [0.5, 0.6) is 11.5 Å². The molecule has 1 saturated carbocycles. The number of phenols is 1. The zero-order valence-electron chi connectivity index (χ0n) is 17.4. The van der Waals surface area contributed by atoms with Gasteiger partial charge >= 0.3 is 0 Å². The molecule has 0 bridgehead atoms. The topological polar surface area (TPSA) is 90.5 Å². The van der Waals surface area contributed by atoms with Gasteiger partial charge in [0.1, 0.15) is 23.4 Å². The highest BCUT2D eigenvalue weighted by atomic mass is 19.1. The molecule has 0 atom stereocenters. The van der Waals surface area contributed by atoms with Crippen LogP contribution in [0.25, 0.3) is 22.0 Å². The summed E-state index contributed by atoms with van der Waals surface area (Å²) in [4.78, 5) is 13.9. The molecule has 31 heavy (non-hydrogen) atoms. The highest BCUT2D eigenvalue weighted by molar-refractivity contribution is 5.90. The lowest BCUT2D eigenvalue weighted by molar-refractivity contribution is -0.118. The van der Waals surface area contributed by atoms with Crippen LogP contribution < -0.4 is 10.1 Å². The van der Waals surface area contributed by atoms with E-state index in [-0.39, 0.29) is 23.8 Å². The highest BCUT2D eigenvalue weighted by Gasteiger charge is 2.32. The fourth-order valence-corrected chi connectivity index (χ4v) is 3.59. The zero-order valence-corrected chi connectivity index (χ0v) is 17.4. The molecular formula is C23H25FN4O3. The smallest absolute Gasteiger partial charge is 0.243 e. The van der Waals surface area contributed by atoms with E-state index in [2.05, 4.69) is 15.5 Å². The maximum Gasteiger partial charge on any atom is 0.243 e. The number of nitrogens with zero attached hydrogens (tertiary/aromatic N) is 2. The largest absolute Gasteiger partial charge is 0.508 e. The van der Waals surface area contributed by atoms with Crippen molar-refractivity contribution in [1.29, 1.82) is 0 Å². The molecule has 8 heteroatoms. The number of benzene rings is 2. The van der Waals surface area contributed by atoms with E-state index in [1.807, 2.05) is 25.1 Å².